The van der Waals surface area contributed by atoms with Gasteiger partial charge in [0.1, 0.15) is 0 Å². The second kappa shape index (κ2) is 5.97. The summed E-state index contributed by atoms with van der Waals surface area (Å²) >= 11 is 0. The molecule has 1 N–H and O–H groups in total. The monoisotopic (exact) mass is 258 g/mol. The largest absolute Gasteiger partial charge is 0.311 e. The van der Waals surface area contributed by atoms with Crippen LogP contribution in [-0.4, -0.2) is 22.0 Å². The van der Waals surface area contributed by atoms with Crippen molar-refractivity contribution >= 4 is 0 Å². The van der Waals surface area contributed by atoms with Crippen molar-refractivity contribution in [1.29, 1.82) is 0 Å². The number of nitrogens with one attached hydrogen (secondary N) is 1. The fraction of sp³-hybridized carbons (Fsp3) is 0.467. The van der Waals surface area contributed by atoms with Gasteiger partial charge in [-0.25, -0.2) is 4.68 Å². The second-order valence-electron chi connectivity index (χ2n) is 5.28. The SMILES string of the molecule is CNC(c1cnnn1-c1ccccc1)C(C)C(C)C. The van der Waals surface area contributed by atoms with Gasteiger partial charge in [-0.2, -0.15) is 0 Å². The zero-order valence-electron chi connectivity index (χ0n) is 12.0. The van der Waals surface area contributed by atoms with E-state index >= 15 is 0 Å². The van der Waals surface area contributed by atoms with Gasteiger partial charge in [-0.05, 0) is 31.0 Å². The van der Waals surface area contributed by atoms with E-state index in [0.29, 0.717) is 11.8 Å². The first-order chi connectivity index (χ1) is 9.15. The van der Waals surface area contributed by atoms with Crippen molar-refractivity contribution in [3.63, 3.8) is 0 Å². The Hall–Kier alpha value is -1.68. The van der Waals surface area contributed by atoms with Crippen molar-refractivity contribution in [1.82, 2.24) is 20.3 Å². The first kappa shape index (κ1) is 13.7. The van der Waals surface area contributed by atoms with Gasteiger partial charge in [0.15, 0.2) is 0 Å². The molecule has 0 aliphatic rings. The maximum atomic E-state index is 4.22. The summed E-state index contributed by atoms with van der Waals surface area (Å²) in [6, 6.07) is 10.4. The van der Waals surface area contributed by atoms with E-state index in [2.05, 4.69) is 36.4 Å². The van der Waals surface area contributed by atoms with Crippen LogP contribution in [-0.2, 0) is 0 Å². The van der Waals surface area contributed by atoms with E-state index in [1.54, 1.807) is 0 Å². The Morgan fingerprint density at radius 3 is 2.37 bits per heavy atom. The van der Waals surface area contributed by atoms with Gasteiger partial charge in [0, 0.05) is 0 Å². The molecule has 4 heteroatoms. The molecule has 2 unspecified atom stereocenters. The van der Waals surface area contributed by atoms with Crippen LogP contribution in [0.5, 0.6) is 0 Å². The van der Waals surface area contributed by atoms with Gasteiger partial charge < -0.3 is 5.32 Å². The standard InChI is InChI=1S/C15H22N4/c1-11(2)12(3)15(16-4)14-10-17-18-19(14)13-8-6-5-7-9-13/h5-12,15-16H,1-4H3. The zero-order chi connectivity index (χ0) is 13.8. The van der Waals surface area contributed by atoms with Gasteiger partial charge in [0.2, 0.25) is 0 Å². The van der Waals surface area contributed by atoms with E-state index in [4.69, 9.17) is 0 Å². The fourth-order valence-corrected chi connectivity index (χ4v) is 2.29. The predicted molar refractivity (Wildman–Crippen MR) is 77.2 cm³/mol. The summed E-state index contributed by atoms with van der Waals surface area (Å²) in [4.78, 5) is 0. The number of benzene rings is 1. The number of aromatic nitrogens is 3. The van der Waals surface area contributed by atoms with Crippen LogP contribution in [0.3, 0.4) is 0 Å². The molecule has 0 fully saturated rings. The number of hydrogen-bond acceptors (Lipinski definition) is 3. The van der Waals surface area contributed by atoms with E-state index in [9.17, 15) is 0 Å². The van der Waals surface area contributed by atoms with Crippen LogP contribution in [0.25, 0.3) is 5.69 Å². The number of para-hydroxylation sites is 1. The summed E-state index contributed by atoms with van der Waals surface area (Å²) in [6.07, 6.45) is 1.85. The van der Waals surface area contributed by atoms with Crippen molar-refractivity contribution in [3.8, 4) is 5.69 Å². The van der Waals surface area contributed by atoms with Crippen LogP contribution in [0.2, 0.25) is 0 Å². The molecule has 1 heterocycles. The molecule has 1 aromatic heterocycles. The molecule has 0 radical (unpaired) electrons. The number of rotatable bonds is 5. The van der Waals surface area contributed by atoms with Crippen molar-refractivity contribution in [3.05, 3.63) is 42.2 Å². The summed E-state index contributed by atoms with van der Waals surface area (Å²) in [7, 11) is 1.99. The Balaban J connectivity index is 2.38. The first-order valence-corrected chi connectivity index (χ1v) is 6.78. The van der Waals surface area contributed by atoms with E-state index in [-0.39, 0.29) is 6.04 Å². The molecule has 1 aromatic carbocycles. The minimum atomic E-state index is 0.246. The predicted octanol–water partition coefficient (Wildman–Crippen LogP) is 2.82. The normalized spacial score (nSPS) is 14.6. The minimum Gasteiger partial charge on any atom is -0.311 e. The number of nitrogens with zero attached hydrogens (tertiary/aromatic N) is 3. The summed E-state index contributed by atoms with van der Waals surface area (Å²) in [5.41, 5.74) is 2.15. The van der Waals surface area contributed by atoms with E-state index in [1.807, 2.05) is 48.3 Å². The Labute approximate surface area is 114 Å². The lowest BCUT2D eigenvalue weighted by Crippen LogP contribution is -2.28. The minimum absolute atomic E-state index is 0.246. The molecule has 0 saturated carbocycles. The lowest BCUT2D eigenvalue weighted by Gasteiger charge is -2.26. The third-order valence-electron chi connectivity index (χ3n) is 3.78. The molecule has 0 bridgehead atoms. The lowest BCUT2D eigenvalue weighted by molar-refractivity contribution is 0.308. The van der Waals surface area contributed by atoms with Crippen LogP contribution in [0.4, 0.5) is 0 Å². The third kappa shape index (κ3) is 2.84. The molecule has 2 aromatic rings. The Morgan fingerprint density at radius 2 is 1.79 bits per heavy atom. The van der Waals surface area contributed by atoms with Crippen LogP contribution in [0, 0.1) is 11.8 Å². The van der Waals surface area contributed by atoms with Crippen LogP contribution in [0.15, 0.2) is 36.5 Å². The highest BCUT2D eigenvalue weighted by Gasteiger charge is 2.24. The molecule has 0 aliphatic heterocycles. The topological polar surface area (TPSA) is 42.7 Å². The zero-order valence-corrected chi connectivity index (χ0v) is 12.0. The van der Waals surface area contributed by atoms with Gasteiger partial charge in [-0.3, -0.25) is 0 Å². The molecular formula is C15H22N4. The average Bonchev–Trinajstić information content (AvgIpc) is 2.89. The summed E-state index contributed by atoms with van der Waals surface area (Å²) < 4.78 is 1.92. The molecule has 4 nitrogen and oxygen atoms in total. The molecule has 2 atom stereocenters. The second-order valence-corrected chi connectivity index (χ2v) is 5.28. The molecular weight excluding hydrogens is 236 g/mol. The van der Waals surface area contributed by atoms with Gasteiger partial charge >= 0.3 is 0 Å². The van der Waals surface area contributed by atoms with E-state index < -0.39 is 0 Å². The Bertz CT molecular complexity index is 504. The maximum absolute atomic E-state index is 4.22. The highest BCUT2D eigenvalue weighted by molar-refractivity contribution is 5.32. The van der Waals surface area contributed by atoms with E-state index in [0.717, 1.165) is 11.4 Å². The summed E-state index contributed by atoms with van der Waals surface area (Å²) in [6.45, 7) is 6.74. The van der Waals surface area contributed by atoms with Crippen molar-refractivity contribution in [2.24, 2.45) is 11.8 Å². The number of hydrogen-bond donors (Lipinski definition) is 1. The molecule has 2 rings (SSSR count). The smallest absolute Gasteiger partial charge is 0.0817 e. The van der Waals surface area contributed by atoms with Gasteiger partial charge in [0.25, 0.3) is 0 Å². The quantitative estimate of drug-likeness (QED) is 0.896. The first-order valence-electron chi connectivity index (χ1n) is 6.78. The Kier molecular flexibility index (Phi) is 4.32. The maximum Gasteiger partial charge on any atom is 0.0817 e. The summed E-state index contributed by atoms with van der Waals surface area (Å²) in [5, 5.41) is 11.7. The van der Waals surface area contributed by atoms with Gasteiger partial charge in [0.05, 0.1) is 23.6 Å². The fourth-order valence-electron chi connectivity index (χ4n) is 2.29. The highest BCUT2D eigenvalue weighted by atomic mass is 15.4. The molecule has 0 aliphatic carbocycles. The van der Waals surface area contributed by atoms with Crippen LogP contribution in [0.1, 0.15) is 32.5 Å². The Morgan fingerprint density at radius 1 is 1.11 bits per heavy atom. The van der Waals surface area contributed by atoms with Gasteiger partial charge in [-0.15, -0.1) is 5.10 Å². The molecule has 0 saturated heterocycles. The molecule has 0 amide bonds. The lowest BCUT2D eigenvalue weighted by atomic mass is 9.88. The average molecular weight is 258 g/mol. The van der Waals surface area contributed by atoms with Crippen molar-refractivity contribution in [2.75, 3.05) is 7.05 Å². The van der Waals surface area contributed by atoms with Crippen molar-refractivity contribution < 1.29 is 0 Å². The molecule has 19 heavy (non-hydrogen) atoms. The van der Waals surface area contributed by atoms with Crippen LogP contribution >= 0.6 is 0 Å². The van der Waals surface area contributed by atoms with Gasteiger partial charge in [-0.1, -0.05) is 44.2 Å². The van der Waals surface area contributed by atoms with Crippen molar-refractivity contribution in [2.45, 2.75) is 26.8 Å². The van der Waals surface area contributed by atoms with E-state index in [1.165, 1.54) is 0 Å². The van der Waals surface area contributed by atoms with Crippen LogP contribution < -0.4 is 5.32 Å². The summed E-state index contributed by atoms with van der Waals surface area (Å²) in [5.74, 6) is 1.10. The highest BCUT2D eigenvalue weighted by Crippen LogP contribution is 2.28. The third-order valence-corrected chi connectivity index (χ3v) is 3.78. The molecule has 0 spiro atoms. The molecule has 102 valence electrons.